The van der Waals surface area contributed by atoms with Gasteiger partial charge in [0.05, 0.1) is 0 Å². The molecule has 2 rings (SSSR count). The normalized spacial score (nSPS) is 42.9. The fourth-order valence-electron chi connectivity index (χ4n) is 3.77. The SMILES string of the molecule is CC1C2CC(C(CN(C)C)C2=O)C1(C)C. The van der Waals surface area contributed by atoms with E-state index in [2.05, 4.69) is 39.8 Å². The van der Waals surface area contributed by atoms with Gasteiger partial charge in [0.15, 0.2) is 0 Å². The number of rotatable bonds is 2. The van der Waals surface area contributed by atoms with Crippen molar-refractivity contribution >= 4 is 5.78 Å². The van der Waals surface area contributed by atoms with Crippen molar-refractivity contribution in [1.82, 2.24) is 4.90 Å². The van der Waals surface area contributed by atoms with E-state index >= 15 is 0 Å². The Morgan fingerprint density at radius 2 is 2.00 bits per heavy atom. The number of Topliss-reactive ketones (excluding diaryl/α,β-unsaturated/α-hetero) is 1. The monoisotopic (exact) mass is 209 g/mol. The summed E-state index contributed by atoms with van der Waals surface area (Å²) in [6, 6.07) is 0. The van der Waals surface area contributed by atoms with Crippen molar-refractivity contribution in [1.29, 1.82) is 0 Å². The highest BCUT2D eigenvalue weighted by molar-refractivity contribution is 5.87. The van der Waals surface area contributed by atoms with E-state index in [0.29, 0.717) is 34.9 Å². The van der Waals surface area contributed by atoms with E-state index in [4.69, 9.17) is 0 Å². The predicted molar refractivity (Wildman–Crippen MR) is 61.6 cm³/mol. The molecule has 2 bridgehead atoms. The first kappa shape index (κ1) is 11.1. The van der Waals surface area contributed by atoms with Crippen LogP contribution in [0.15, 0.2) is 0 Å². The molecule has 0 aromatic carbocycles. The van der Waals surface area contributed by atoms with Crippen molar-refractivity contribution in [3.8, 4) is 0 Å². The third-order valence-corrected chi connectivity index (χ3v) is 5.02. The predicted octanol–water partition coefficient (Wildman–Crippen LogP) is 2.05. The van der Waals surface area contributed by atoms with E-state index in [1.165, 1.54) is 0 Å². The van der Waals surface area contributed by atoms with Gasteiger partial charge in [-0.2, -0.15) is 0 Å². The molecule has 0 saturated heterocycles. The van der Waals surface area contributed by atoms with Gasteiger partial charge in [-0.15, -0.1) is 0 Å². The van der Waals surface area contributed by atoms with Gasteiger partial charge < -0.3 is 4.90 Å². The van der Waals surface area contributed by atoms with Crippen molar-refractivity contribution < 1.29 is 4.79 Å². The molecule has 0 amide bonds. The molecule has 0 spiro atoms. The molecule has 4 unspecified atom stereocenters. The molecule has 0 N–H and O–H groups in total. The van der Waals surface area contributed by atoms with Gasteiger partial charge in [-0.1, -0.05) is 20.8 Å². The highest BCUT2D eigenvalue weighted by atomic mass is 16.1. The molecule has 2 heteroatoms. The zero-order valence-electron chi connectivity index (χ0n) is 10.6. The highest BCUT2D eigenvalue weighted by Gasteiger charge is 2.59. The number of nitrogens with zero attached hydrogens (tertiary/aromatic N) is 1. The largest absolute Gasteiger partial charge is 0.309 e. The average Bonchev–Trinajstić information content (AvgIpc) is 2.52. The molecule has 0 aliphatic heterocycles. The Morgan fingerprint density at radius 1 is 1.40 bits per heavy atom. The zero-order chi connectivity index (χ0) is 11.4. The van der Waals surface area contributed by atoms with E-state index in [0.717, 1.165) is 13.0 Å². The Morgan fingerprint density at radius 3 is 2.47 bits per heavy atom. The minimum absolute atomic E-state index is 0.302. The number of carbonyl (C=O) groups is 1. The Balaban J connectivity index is 2.21. The van der Waals surface area contributed by atoms with Crippen LogP contribution in [0.5, 0.6) is 0 Å². The van der Waals surface area contributed by atoms with Crippen molar-refractivity contribution in [2.24, 2.45) is 29.1 Å². The van der Waals surface area contributed by atoms with Gasteiger partial charge in [0, 0.05) is 18.4 Å². The summed E-state index contributed by atoms with van der Waals surface area (Å²) in [6.07, 6.45) is 1.14. The first-order chi connectivity index (χ1) is 6.85. The number of hydrogen-bond donors (Lipinski definition) is 0. The summed E-state index contributed by atoms with van der Waals surface area (Å²) in [5, 5.41) is 0. The molecule has 2 aliphatic carbocycles. The lowest BCUT2D eigenvalue weighted by Crippen LogP contribution is -2.43. The summed E-state index contributed by atoms with van der Waals surface area (Å²) in [5.41, 5.74) is 0.360. The van der Waals surface area contributed by atoms with Crippen LogP contribution in [0, 0.1) is 29.1 Å². The minimum atomic E-state index is 0.302. The van der Waals surface area contributed by atoms with Crippen LogP contribution in [-0.4, -0.2) is 31.3 Å². The molecule has 2 nitrogen and oxygen atoms in total. The summed E-state index contributed by atoms with van der Waals surface area (Å²) < 4.78 is 0. The van der Waals surface area contributed by atoms with Gasteiger partial charge in [0.2, 0.25) is 0 Å². The van der Waals surface area contributed by atoms with Crippen molar-refractivity contribution in [3.05, 3.63) is 0 Å². The highest BCUT2D eigenvalue weighted by Crippen LogP contribution is 2.59. The summed E-state index contributed by atoms with van der Waals surface area (Å²) in [4.78, 5) is 14.3. The van der Waals surface area contributed by atoms with Crippen LogP contribution in [0.2, 0.25) is 0 Å². The van der Waals surface area contributed by atoms with E-state index < -0.39 is 0 Å². The molecular weight excluding hydrogens is 186 g/mol. The lowest BCUT2D eigenvalue weighted by Gasteiger charge is -2.40. The van der Waals surface area contributed by atoms with Crippen LogP contribution in [0.25, 0.3) is 0 Å². The lowest BCUT2D eigenvalue weighted by molar-refractivity contribution is -0.131. The van der Waals surface area contributed by atoms with E-state index in [1.54, 1.807) is 0 Å². The Hall–Kier alpha value is -0.370. The third-order valence-electron chi connectivity index (χ3n) is 5.02. The molecule has 4 atom stereocenters. The van der Waals surface area contributed by atoms with Crippen LogP contribution < -0.4 is 0 Å². The Labute approximate surface area is 93.0 Å². The molecule has 0 aromatic heterocycles. The summed E-state index contributed by atoms with van der Waals surface area (Å²) in [5.74, 6) is 2.40. The summed E-state index contributed by atoms with van der Waals surface area (Å²) >= 11 is 0. The Bertz CT molecular complexity index is 282. The van der Waals surface area contributed by atoms with Gasteiger partial charge in [0.1, 0.15) is 5.78 Å². The maximum atomic E-state index is 12.2. The molecule has 0 radical (unpaired) electrons. The number of carbonyl (C=O) groups excluding carboxylic acids is 1. The first-order valence-electron chi connectivity index (χ1n) is 6.04. The number of hydrogen-bond acceptors (Lipinski definition) is 2. The van der Waals surface area contributed by atoms with Gasteiger partial charge in [-0.25, -0.2) is 0 Å². The molecule has 0 aromatic rings. The minimum Gasteiger partial charge on any atom is -0.309 e. The maximum Gasteiger partial charge on any atom is 0.140 e. The van der Waals surface area contributed by atoms with Crippen molar-refractivity contribution in [2.45, 2.75) is 27.2 Å². The number of ketones is 1. The molecule has 2 saturated carbocycles. The quantitative estimate of drug-likeness (QED) is 0.693. The fraction of sp³-hybridized carbons (Fsp3) is 0.923. The second-order valence-corrected chi connectivity index (χ2v) is 6.33. The van der Waals surface area contributed by atoms with E-state index in [9.17, 15) is 4.79 Å². The lowest BCUT2D eigenvalue weighted by atomic mass is 9.65. The second-order valence-electron chi connectivity index (χ2n) is 6.33. The van der Waals surface area contributed by atoms with Crippen molar-refractivity contribution in [3.63, 3.8) is 0 Å². The van der Waals surface area contributed by atoms with Crippen LogP contribution >= 0.6 is 0 Å². The van der Waals surface area contributed by atoms with Crippen LogP contribution in [0.4, 0.5) is 0 Å². The van der Waals surface area contributed by atoms with Gasteiger partial charge >= 0.3 is 0 Å². The van der Waals surface area contributed by atoms with Gasteiger partial charge in [0.25, 0.3) is 0 Å². The van der Waals surface area contributed by atoms with E-state index in [1.807, 2.05) is 0 Å². The summed E-state index contributed by atoms with van der Waals surface area (Å²) in [6.45, 7) is 7.89. The number of fused-ring (bicyclic) bond motifs is 2. The smallest absolute Gasteiger partial charge is 0.140 e. The second kappa shape index (κ2) is 3.31. The molecular formula is C13H23NO. The molecule has 2 aliphatic rings. The summed E-state index contributed by atoms with van der Waals surface area (Å²) in [7, 11) is 4.13. The van der Waals surface area contributed by atoms with E-state index in [-0.39, 0.29) is 0 Å². The van der Waals surface area contributed by atoms with Crippen LogP contribution in [0.3, 0.4) is 0 Å². The first-order valence-corrected chi connectivity index (χ1v) is 6.04. The average molecular weight is 209 g/mol. The molecule has 86 valence electrons. The van der Waals surface area contributed by atoms with Gasteiger partial charge in [-0.05, 0) is 37.8 Å². The third kappa shape index (κ3) is 1.45. The molecule has 15 heavy (non-hydrogen) atoms. The standard InChI is InChI=1S/C13H23NO/c1-8-9-6-11(13(8,2)3)10(12(9)15)7-14(4)5/h8-11H,6-7H2,1-5H3. The van der Waals surface area contributed by atoms with Crippen LogP contribution in [-0.2, 0) is 4.79 Å². The molecule has 0 heterocycles. The topological polar surface area (TPSA) is 20.3 Å². The fourth-order valence-corrected chi connectivity index (χ4v) is 3.77. The maximum absolute atomic E-state index is 12.2. The Kier molecular flexibility index (Phi) is 2.45. The van der Waals surface area contributed by atoms with Gasteiger partial charge in [-0.3, -0.25) is 4.79 Å². The zero-order valence-corrected chi connectivity index (χ0v) is 10.6. The van der Waals surface area contributed by atoms with Crippen LogP contribution in [0.1, 0.15) is 27.2 Å². The molecule has 2 fully saturated rings. The van der Waals surface area contributed by atoms with Crippen molar-refractivity contribution in [2.75, 3.05) is 20.6 Å².